The Kier molecular flexibility index (Phi) is 3.91. The fraction of sp³-hybridized carbons (Fsp3) is 0.417. The van der Waals surface area contributed by atoms with Gasteiger partial charge in [-0.15, -0.1) is 0 Å². The number of aliphatic carboxylic acids is 1. The minimum Gasteiger partial charge on any atom is -0.481 e. The van der Waals surface area contributed by atoms with Crippen LogP contribution in [0, 0.1) is 12.8 Å². The first-order valence-corrected chi connectivity index (χ1v) is 5.71. The molecule has 0 saturated carbocycles. The molecule has 0 aliphatic heterocycles. The zero-order valence-electron chi connectivity index (χ0n) is 9.12. The molecule has 1 rings (SSSR count). The molecule has 1 aromatic rings. The molecule has 0 radical (unpaired) electrons. The van der Waals surface area contributed by atoms with Crippen LogP contribution in [0.2, 0.25) is 0 Å². The Hall–Kier alpha value is -0.830. The van der Waals surface area contributed by atoms with Crippen LogP contribution in [0.5, 0.6) is 0 Å². The second kappa shape index (κ2) is 4.79. The van der Waals surface area contributed by atoms with Crippen molar-refractivity contribution < 1.29 is 9.90 Å². The van der Waals surface area contributed by atoms with Crippen LogP contribution in [0.1, 0.15) is 30.9 Å². The highest BCUT2D eigenvalue weighted by atomic mass is 79.9. The summed E-state index contributed by atoms with van der Waals surface area (Å²) in [7, 11) is 0. The monoisotopic (exact) mass is 270 g/mol. The van der Waals surface area contributed by atoms with Crippen LogP contribution in [0.3, 0.4) is 0 Å². The second-order valence-corrected chi connectivity index (χ2v) is 4.94. The first-order valence-electron chi connectivity index (χ1n) is 4.92. The molecule has 0 spiro atoms. The second-order valence-electron chi connectivity index (χ2n) is 4.08. The van der Waals surface area contributed by atoms with Crippen molar-refractivity contribution in [3.8, 4) is 0 Å². The molecule has 82 valence electrons. The molecule has 0 aromatic heterocycles. The third kappa shape index (κ3) is 2.81. The summed E-state index contributed by atoms with van der Waals surface area (Å²) in [5.74, 6) is -1.13. The molecule has 0 aliphatic carbocycles. The molecule has 15 heavy (non-hydrogen) atoms. The van der Waals surface area contributed by atoms with Gasteiger partial charge in [-0.3, -0.25) is 4.79 Å². The fourth-order valence-corrected chi connectivity index (χ4v) is 2.17. The molecule has 2 nitrogen and oxygen atoms in total. The first-order chi connectivity index (χ1) is 6.93. The smallest absolute Gasteiger partial charge is 0.311 e. The van der Waals surface area contributed by atoms with Gasteiger partial charge in [-0.2, -0.15) is 0 Å². The summed E-state index contributed by atoms with van der Waals surface area (Å²) >= 11 is 3.40. The SMILES string of the molecule is Cc1ccc(Br)c(C(C(=O)O)C(C)C)c1. The summed E-state index contributed by atoms with van der Waals surface area (Å²) in [6.07, 6.45) is 0. The number of carboxylic acids is 1. The van der Waals surface area contributed by atoms with E-state index in [1.807, 2.05) is 39.0 Å². The molecule has 0 fully saturated rings. The minimum absolute atomic E-state index is 0.0839. The minimum atomic E-state index is -0.767. The number of hydrogen-bond donors (Lipinski definition) is 1. The highest BCUT2D eigenvalue weighted by Crippen LogP contribution is 2.31. The maximum Gasteiger partial charge on any atom is 0.311 e. The molecular formula is C12H15BrO2. The summed E-state index contributed by atoms with van der Waals surface area (Å²) < 4.78 is 0.870. The lowest BCUT2D eigenvalue weighted by Crippen LogP contribution is -2.18. The topological polar surface area (TPSA) is 37.3 Å². The zero-order chi connectivity index (χ0) is 11.6. The van der Waals surface area contributed by atoms with E-state index in [0.717, 1.165) is 15.6 Å². The van der Waals surface area contributed by atoms with E-state index in [2.05, 4.69) is 15.9 Å². The van der Waals surface area contributed by atoms with Crippen molar-refractivity contribution in [2.24, 2.45) is 5.92 Å². The van der Waals surface area contributed by atoms with Crippen molar-refractivity contribution in [3.05, 3.63) is 33.8 Å². The van der Waals surface area contributed by atoms with Crippen LogP contribution in [0.15, 0.2) is 22.7 Å². The number of carboxylic acid groups (broad SMARTS) is 1. The highest BCUT2D eigenvalue weighted by molar-refractivity contribution is 9.10. The number of carbonyl (C=O) groups is 1. The molecule has 1 atom stereocenters. The Bertz CT molecular complexity index is 372. The van der Waals surface area contributed by atoms with Crippen LogP contribution in [-0.4, -0.2) is 11.1 Å². The highest BCUT2D eigenvalue weighted by Gasteiger charge is 2.25. The Morgan fingerprint density at radius 1 is 1.40 bits per heavy atom. The van der Waals surface area contributed by atoms with Crippen molar-refractivity contribution in [1.29, 1.82) is 0 Å². The Labute approximate surface area is 98.4 Å². The van der Waals surface area contributed by atoms with Crippen LogP contribution in [0.4, 0.5) is 0 Å². The Balaban J connectivity index is 3.22. The molecule has 0 amide bonds. The first kappa shape index (κ1) is 12.2. The standard InChI is InChI=1S/C12H15BrO2/c1-7(2)11(12(14)15)9-6-8(3)4-5-10(9)13/h4-7,11H,1-3H3,(H,14,15). The number of rotatable bonds is 3. The molecule has 1 aromatic carbocycles. The van der Waals surface area contributed by atoms with Crippen molar-refractivity contribution in [3.63, 3.8) is 0 Å². The van der Waals surface area contributed by atoms with Gasteiger partial charge in [0.25, 0.3) is 0 Å². The van der Waals surface area contributed by atoms with Gasteiger partial charge in [-0.25, -0.2) is 0 Å². The molecule has 1 N–H and O–H groups in total. The van der Waals surface area contributed by atoms with Gasteiger partial charge >= 0.3 is 5.97 Å². The fourth-order valence-electron chi connectivity index (χ4n) is 1.68. The van der Waals surface area contributed by atoms with Crippen LogP contribution < -0.4 is 0 Å². The normalized spacial score (nSPS) is 12.9. The van der Waals surface area contributed by atoms with Crippen LogP contribution in [0.25, 0.3) is 0 Å². The summed E-state index contributed by atoms with van der Waals surface area (Å²) in [5, 5.41) is 9.19. The quantitative estimate of drug-likeness (QED) is 0.912. The van der Waals surface area contributed by atoms with Gasteiger partial charge in [-0.05, 0) is 24.5 Å². The van der Waals surface area contributed by atoms with E-state index in [4.69, 9.17) is 0 Å². The van der Waals surface area contributed by atoms with E-state index in [-0.39, 0.29) is 5.92 Å². The number of hydrogen-bond acceptors (Lipinski definition) is 1. The van der Waals surface area contributed by atoms with E-state index in [0.29, 0.717) is 0 Å². The molecule has 3 heteroatoms. The molecule has 0 heterocycles. The van der Waals surface area contributed by atoms with E-state index < -0.39 is 11.9 Å². The molecule has 1 unspecified atom stereocenters. The average molecular weight is 271 g/mol. The number of benzene rings is 1. The maximum absolute atomic E-state index is 11.2. The Morgan fingerprint density at radius 3 is 2.47 bits per heavy atom. The largest absolute Gasteiger partial charge is 0.481 e. The van der Waals surface area contributed by atoms with Crippen molar-refractivity contribution in [2.75, 3.05) is 0 Å². The molecule has 0 bridgehead atoms. The van der Waals surface area contributed by atoms with Crippen molar-refractivity contribution >= 4 is 21.9 Å². The van der Waals surface area contributed by atoms with E-state index in [1.54, 1.807) is 0 Å². The average Bonchev–Trinajstić information content (AvgIpc) is 2.10. The van der Waals surface area contributed by atoms with Gasteiger partial charge < -0.3 is 5.11 Å². The molecule has 0 saturated heterocycles. The predicted octanol–water partition coefficient (Wildman–Crippen LogP) is 3.58. The van der Waals surface area contributed by atoms with Crippen molar-refractivity contribution in [2.45, 2.75) is 26.7 Å². The van der Waals surface area contributed by atoms with Crippen LogP contribution >= 0.6 is 15.9 Å². The summed E-state index contributed by atoms with van der Waals surface area (Å²) in [4.78, 5) is 11.2. The third-order valence-electron chi connectivity index (χ3n) is 2.42. The van der Waals surface area contributed by atoms with Gasteiger partial charge in [0.2, 0.25) is 0 Å². The number of aryl methyl sites for hydroxylation is 1. The van der Waals surface area contributed by atoms with Gasteiger partial charge in [0.15, 0.2) is 0 Å². The third-order valence-corrected chi connectivity index (χ3v) is 3.14. The predicted molar refractivity (Wildman–Crippen MR) is 64.1 cm³/mol. The van der Waals surface area contributed by atoms with Crippen molar-refractivity contribution in [1.82, 2.24) is 0 Å². The lowest BCUT2D eigenvalue weighted by molar-refractivity contribution is -0.139. The van der Waals surface area contributed by atoms with E-state index in [1.165, 1.54) is 0 Å². The molecular weight excluding hydrogens is 256 g/mol. The molecule has 0 aliphatic rings. The van der Waals surface area contributed by atoms with Gasteiger partial charge in [0, 0.05) is 4.47 Å². The zero-order valence-corrected chi connectivity index (χ0v) is 10.7. The summed E-state index contributed by atoms with van der Waals surface area (Å²) in [6, 6.07) is 5.80. The lowest BCUT2D eigenvalue weighted by Gasteiger charge is -2.18. The van der Waals surface area contributed by atoms with Gasteiger partial charge in [-0.1, -0.05) is 47.5 Å². The van der Waals surface area contributed by atoms with E-state index in [9.17, 15) is 9.90 Å². The van der Waals surface area contributed by atoms with E-state index >= 15 is 0 Å². The summed E-state index contributed by atoms with van der Waals surface area (Å²) in [6.45, 7) is 5.82. The Morgan fingerprint density at radius 2 is 2.00 bits per heavy atom. The number of halogens is 1. The van der Waals surface area contributed by atoms with Gasteiger partial charge in [0.05, 0.1) is 5.92 Å². The van der Waals surface area contributed by atoms with Gasteiger partial charge in [0.1, 0.15) is 0 Å². The lowest BCUT2D eigenvalue weighted by atomic mass is 9.88. The van der Waals surface area contributed by atoms with Crippen LogP contribution in [-0.2, 0) is 4.79 Å². The maximum atomic E-state index is 11.2. The summed E-state index contributed by atoms with van der Waals surface area (Å²) in [5.41, 5.74) is 1.94.